The molecule has 0 bridgehead atoms. The second-order valence-corrected chi connectivity index (χ2v) is 5.43. The predicted octanol–water partition coefficient (Wildman–Crippen LogP) is 2.75. The van der Waals surface area contributed by atoms with Crippen LogP contribution in [0.1, 0.15) is 15.2 Å². The summed E-state index contributed by atoms with van der Waals surface area (Å²) >= 11 is 5.10. The van der Waals surface area contributed by atoms with Crippen LogP contribution in [0.15, 0.2) is 28.3 Å². The normalized spacial score (nSPS) is 10.2. The predicted molar refractivity (Wildman–Crippen MR) is 71.5 cm³/mol. The third kappa shape index (κ3) is 3.10. The smallest absolute Gasteiger partial charge is 0.225 e. The molecule has 0 N–H and O–H groups in total. The van der Waals surface area contributed by atoms with Crippen molar-refractivity contribution in [3.63, 3.8) is 0 Å². The third-order valence-corrected chi connectivity index (χ3v) is 3.83. The maximum Gasteiger partial charge on any atom is 0.225 e. The molecule has 0 unspecified atom stereocenters. The van der Waals surface area contributed by atoms with E-state index in [1.165, 1.54) is 17.3 Å². The highest BCUT2D eigenvalue weighted by Gasteiger charge is 2.06. The fourth-order valence-electron chi connectivity index (χ4n) is 1.33. The molecule has 0 fully saturated rings. The van der Waals surface area contributed by atoms with E-state index in [2.05, 4.69) is 32.0 Å². The number of anilines is 1. The van der Waals surface area contributed by atoms with Crippen molar-refractivity contribution >= 4 is 39.5 Å². The number of halogens is 1. The van der Waals surface area contributed by atoms with Gasteiger partial charge in [-0.1, -0.05) is 0 Å². The molecule has 2 aromatic rings. The molecule has 0 saturated carbocycles. The van der Waals surface area contributed by atoms with Crippen LogP contribution in [0, 0.1) is 0 Å². The molecule has 0 atom stereocenters. The largest absolute Gasteiger partial charge is 0.339 e. The van der Waals surface area contributed by atoms with Crippen molar-refractivity contribution in [1.29, 1.82) is 0 Å². The van der Waals surface area contributed by atoms with Crippen LogP contribution in [0.5, 0.6) is 0 Å². The van der Waals surface area contributed by atoms with E-state index in [4.69, 9.17) is 0 Å². The SMILES string of the molecule is CN(Cc1cc(Br)cs1)c1ncc(C=O)cn1. The van der Waals surface area contributed by atoms with E-state index in [0.717, 1.165) is 17.3 Å². The van der Waals surface area contributed by atoms with Crippen molar-refractivity contribution in [2.75, 3.05) is 11.9 Å². The highest BCUT2D eigenvalue weighted by Crippen LogP contribution is 2.21. The Morgan fingerprint density at radius 1 is 1.47 bits per heavy atom. The summed E-state index contributed by atoms with van der Waals surface area (Å²) in [6.45, 7) is 0.747. The minimum Gasteiger partial charge on any atom is -0.339 e. The van der Waals surface area contributed by atoms with E-state index in [9.17, 15) is 4.79 Å². The molecular weight excluding hydrogens is 302 g/mol. The monoisotopic (exact) mass is 311 g/mol. The molecule has 4 nitrogen and oxygen atoms in total. The lowest BCUT2D eigenvalue weighted by Crippen LogP contribution is -2.18. The van der Waals surface area contributed by atoms with Crippen LogP contribution in [0.4, 0.5) is 5.95 Å². The van der Waals surface area contributed by atoms with Crippen molar-refractivity contribution in [3.05, 3.63) is 38.8 Å². The van der Waals surface area contributed by atoms with Gasteiger partial charge in [-0.15, -0.1) is 11.3 Å². The van der Waals surface area contributed by atoms with Crippen molar-refractivity contribution in [1.82, 2.24) is 9.97 Å². The summed E-state index contributed by atoms with van der Waals surface area (Å²) < 4.78 is 1.09. The van der Waals surface area contributed by atoms with E-state index >= 15 is 0 Å². The van der Waals surface area contributed by atoms with Gasteiger partial charge in [-0.25, -0.2) is 9.97 Å². The molecule has 0 aliphatic rings. The fraction of sp³-hybridized carbons (Fsp3) is 0.182. The van der Waals surface area contributed by atoms with Gasteiger partial charge in [-0.2, -0.15) is 0 Å². The van der Waals surface area contributed by atoms with E-state index in [0.29, 0.717) is 11.5 Å². The summed E-state index contributed by atoms with van der Waals surface area (Å²) in [6, 6.07) is 2.07. The second kappa shape index (κ2) is 5.37. The lowest BCUT2D eigenvalue weighted by Gasteiger charge is -2.15. The van der Waals surface area contributed by atoms with Crippen molar-refractivity contribution < 1.29 is 4.79 Å². The summed E-state index contributed by atoms with van der Waals surface area (Å²) in [5.41, 5.74) is 0.487. The Kier molecular flexibility index (Phi) is 3.86. The van der Waals surface area contributed by atoms with Gasteiger partial charge in [0.05, 0.1) is 12.1 Å². The molecule has 2 aromatic heterocycles. The minimum absolute atomic E-state index is 0.487. The van der Waals surface area contributed by atoms with Gasteiger partial charge in [-0.3, -0.25) is 4.79 Å². The topological polar surface area (TPSA) is 46.1 Å². The Morgan fingerprint density at radius 3 is 2.71 bits per heavy atom. The number of aromatic nitrogens is 2. The Balaban J connectivity index is 2.08. The van der Waals surface area contributed by atoms with Gasteiger partial charge in [0.25, 0.3) is 0 Å². The van der Waals surface area contributed by atoms with E-state index in [1.807, 2.05) is 17.3 Å². The van der Waals surface area contributed by atoms with Crippen molar-refractivity contribution in [2.24, 2.45) is 0 Å². The molecule has 0 spiro atoms. The van der Waals surface area contributed by atoms with Crippen LogP contribution in [0.3, 0.4) is 0 Å². The molecule has 0 saturated heterocycles. The molecule has 2 heterocycles. The molecular formula is C11H10BrN3OS. The number of thiophene rings is 1. The summed E-state index contributed by atoms with van der Waals surface area (Å²) in [4.78, 5) is 21.9. The number of aldehydes is 1. The number of carbonyl (C=O) groups excluding carboxylic acids is 1. The zero-order valence-corrected chi connectivity index (χ0v) is 11.5. The van der Waals surface area contributed by atoms with Crippen LogP contribution in [0.2, 0.25) is 0 Å². The van der Waals surface area contributed by atoms with E-state index in [-0.39, 0.29) is 0 Å². The van der Waals surface area contributed by atoms with Gasteiger partial charge >= 0.3 is 0 Å². The quantitative estimate of drug-likeness (QED) is 0.815. The lowest BCUT2D eigenvalue weighted by molar-refractivity contribution is 0.112. The van der Waals surface area contributed by atoms with Gasteiger partial charge in [0.1, 0.15) is 0 Å². The molecule has 6 heteroatoms. The molecule has 2 rings (SSSR count). The first-order valence-electron chi connectivity index (χ1n) is 4.90. The highest BCUT2D eigenvalue weighted by atomic mass is 79.9. The summed E-state index contributed by atoms with van der Waals surface area (Å²) in [5, 5.41) is 2.04. The second-order valence-electron chi connectivity index (χ2n) is 3.52. The van der Waals surface area contributed by atoms with Gasteiger partial charge in [0.2, 0.25) is 5.95 Å². The van der Waals surface area contributed by atoms with Crippen LogP contribution in [-0.4, -0.2) is 23.3 Å². The third-order valence-electron chi connectivity index (χ3n) is 2.15. The Morgan fingerprint density at radius 2 is 2.18 bits per heavy atom. The first kappa shape index (κ1) is 12.2. The maximum atomic E-state index is 10.5. The zero-order chi connectivity index (χ0) is 12.3. The molecule has 0 amide bonds. The highest BCUT2D eigenvalue weighted by molar-refractivity contribution is 9.10. The van der Waals surface area contributed by atoms with Crippen LogP contribution >= 0.6 is 27.3 Å². The summed E-state index contributed by atoms with van der Waals surface area (Å²) in [7, 11) is 1.92. The molecule has 88 valence electrons. The van der Waals surface area contributed by atoms with E-state index in [1.54, 1.807) is 11.3 Å². The first-order chi connectivity index (χ1) is 8.19. The van der Waals surface area contributed by atoms with Gasteiger partial charge in [0, 0.05) is 34.2 Å². The van der Waals surface area contributed by atoms with Crippen LogP contribution < -0.4 is 4.90 Å². The van der Waals surface area contributed by atoms with E-state index < -0.39 is 0 Å². The molecule has 0 aliphatic carbocycles. The number of hydrogen-bond donors (Lipinski definition) is 0. The lowest BCUT2D eigenvalue weighted by atomic mass is 10.4. The number of hydrogen-bond acceptors (Lipinski definition) is 5. The van der Waals surface area contributed by atoms with Crippen molar-refractivity contribution in [3.8, 4) is 0 Å². The Labute approximate surface area is 111 Å². The van der Waals surface area contributed by atoms with Gasteiger partial charge in [0.15, 0.2) is 6.29 Å². The number of carbonyl (C=O) groups is 1. The fourth-order valence-corrected chi connectivity index (χ4v) is 2.83. The maximum absolute atomic E-state index is 10.5. The van der Waals surface area contributed by atoms with Gasteiger partial charge < -0.3 is 4.90 Å². The summed E-state index contributed by atoms with van der Waals surface area (Å²) in [6.07, 6.45) is 3.78. The Bertz CT molecular complexity index is 512. The molecule has 0 radical (unpaired) electrons. The van der Waals surface area contributed by atoms with Gasteiger partial charge in [-0.05, 0) is 22.0 Å². The molecule has 17 heavy (non-hydrogen) atoms. The molecule has 0 aliphatic heterocycles. The first-order valence-corrected chi connectivity index (χ1v) is 6.57. The van der Waals surface area contributed by atoms with Crippen molar-refractivity contribution in [2.45, 2.75) is 6.54 Å². The number of nitrogens with zero attached hydrogens (tertiary/aromatic N) is 3. The molecule has 0 aromatic carbocycles. The zero-order valence-electron chi connectivity index (χ0n) is 9.13. The average molecular weight is 312 g/mol. The average Bonchev–Trinajstić information content (AvgIpc) is 2.75. The van der Waals surface area contributed by atoms with Crippen LogP contribution in [0.25, 0.3) is 0 Å². The minimum atomic E-state index is 0.487. The number of rotatable bonds is 4. The Hall–Kier alpha value is -1.27. The van der Waals surface area contributed by atoms with Crippen LogP contribution in [-0.2, 0) is 6.54 Å². The summed E-state index contributed by atoms with van der Waals surface area (Å²) in [5.74, 6) is 0.611. The standard InChI is InChI=1S/C11H10BrN3OS/c1-15(5-10-2-9(12)7-17-10)11-13-3-8(6-16)4-14-11/h2-4,6-7H,5H2,1H3.